The Morgan fingerprint density at radius 2 is 1.70 bits per heavy atom. The Labute approximate surface area is 473 Å². The summed E-state index contributed by atoms with van der Waals surface area (Å²) in [7, 11) is -6.36. The van der Waals surface area contributed by atoms with Crippen molar-refractivity contribution in [1.82, 2.24) is 39.4 Å². The number of aryl methyl sites for hydroxylation is 2. The van der Waals surface area contributed by atoms with E-state index in [1.54, 1.807) is 0 Å². The number of pyridine rings is 1. The lowest BCUT2D eigenvalue weighted by Gasteiger charge is -2.31. The van der Waals surface area contributed by atoms with Crippen molar-refractivity contribution in [3.8, 4) is 17.3 Å². The van der Waals surface area contributed by atoms with Gasteiger partial charge in [-0.25, -0.2) is 44.4 Å². The van der Waals surface area contributed by atoms with E-state index in [1.165, 1.54) is 65.1 Å². The van der Waals surface area contributed by atoms with E-state index in [-0.39, 0.29) is 49.6 Å². The number of phosphoric ester groups is 1. The fourth-order valence-electron chi connectivity index (χ4n) is 10.4. The van der Waals surface area contributed by atoms with E-state index in [1.807, 2.05) is 0 Å². The molecule has 20 nitrogen and oxygen atoms in total. The molecule has 0 spiro atoms. The highest BCUT2D eigenvalue weighted by atomic mass is 35.5. The van der Waals surface area contributed by atoms with Crippen molar-refractivity contribution in [2.24, 2.45) is 7.05 Å². The van der Waals surface area contributed by atoms with Gasteiger partial charge in [0.25, 0.3) is 17.9 Å². The number of aromatic nitrogens is 7. The Kier molecular flexibility index (Phi) is 17.1. The molecule has 0 saturated carbocycles. The van der Waals surface area contributed by atoms with Crippen molar-refractivity contribution in [3.05, 3.63) is 127 Å². The first-order chi connectivity index (χ1) is 38.5. The molecule has 4 N–H and O–H groups in total. The van der Waals surface area contributed by atoms with Crippen LogP contribution in [0.4, 0.5) is 40.9 Å². The third-order valence-electron chi connectivity index (χ3n) is 13.4. The van der Waals surface area contributed by atoms with Crippen LogP contribution in [-0.4, -0.2) is 89.8 Å². The van der Waals surface area contributed by atoms with E-state index in [0.717, 1.165) is 33.7 Å². The molecule has 0 fully saturated rings. The minimum Gasteiger partial charge on any atom is -0.481 e. The summed E-state index contributed by atoms with van der Waals surface area (Å²) in [6.07, 6.45) is -5.94. The van der Waals surface area contributed by atoms with Crippen LogP contribution in [0.15, 0.2) is 59.4 Å². The van der Waals surface area contributed by atoms with Crippen LogP contribution in [0.2, 0.25) is 5.02 Å². The lowest BCUT2D eigenvalue weighted by molar-refractivity contribution is -0.136. The van der Waals surface area contributed by atoms with Crippen molar-refractivity contribution in [2.45, 2.75) is 109 Å². The number of carboxylic acid groups (broad SMARTS) is 1. The highest BCUT2D eigenvalue weighted by Crippen LogP contribution is 2.51. The summed E-state index contributed by atoms with van der Waals surface area (Å²) in [4.78, 5) is 85.3. The fourth-order valence-corrected chi connectivity index (χ4v) is 11.8. The Balaban J connectivity index is 1.32. The molecule has 2 unspecified atom stereocenters. The van der Waals surface area contributed by atoms with Gasteiger partial charge in [-0.15, -0.1) is 0 Å². The summed E-state index contributed by atoms with van der Waals surface area (Å²) in [5.41, 5.74) is -5.78. The van der Waals surface area contributed by atoms with E-state index in [0.29, 0.717) is 27.5 Å². The molecule has 2 amide bonds. The topological polar surface area (TPSA) is 263 Å². The summed E-state index contributed by atoms with van der Waals surface area (Å²) >= 11 is 6.93. The molecule has 0 radical (unpaired) electrons. The molecule has 4 aromatic heterocycles. The zero-order chi connectivity index (χ0) is 61.2. The predicted molar refractivity (Wildman–Crippen MR) is 285 cm³/mol. The number of benzene rings is 3. The van der Waals surface area contributed by atoms with E-state index >= 15 is 13.6 Å². The number of phosphoric acid groups is 1. The maximum Gasteiger partial charge on any atom is 0.524 e. The van der Waals surface area contributed by atoms with Gasteiger partial charge in [0.15, 0.2) is 11.5 Å². The molecule has 0 saturated heterocycles. The average molecular weight is 1230 g/mol. The lowest BCUT2D eigenvalue weighted by atomic mass is 9.77. The predicted octanol–water partition coefficient (Wildman–Crippen LogP) is 9.26. The Morgan fingerprint density at radius 3 is 2.31 bits per heavy atom. The molecule has 1 aliphatic rings. The maximum absolute atomic E-state index is 15.6. The van der Waals surface area contributed by atoms with Crippen LogP contribution < -0.4 is 24.4 Å². The second-order valence-corrected chi connectivity index (χ2v) is 23.5. The standard InChI is InChI=1S/C52H51ClF8N9O11PS/c1-24-14-27(19-38(73)74)41(34(15-24)81-82(76,77)78)50(3,4)22-37(72)70(83(7)79)48-40-31(53)9-10-33(43(40)67(6)66-48)69-47(64-46-30(49(69)75)8-11-36(63-46)80-13-12-51(5,58)59)32(18-26-16-28(54)20-29(55)17-26)62-35(71)23-68-44-39(42(65-68)45(56)57)25(2)21-52(44,60)61/h8-11,14-17,20,25,32,45H,12-13,18-19,21-23H2,1-7H3,(H,62,71)(H,73,74)(H2,76,77,78)/t25-,32?,83?/m0/s1. The second kappa shape index (κ2) is 23.0. The van der Waals surface area contributed by atoms with Crippen molar-refractivity contribution >= 4 is 75.9 Å². The molecule has 8 rings (SSSR count). The number of ether oxygens (including phenoxy) is 1. The molecule has 4 heterocycles. The number of hydrogen-bond donors (Lipinski definition) is 4. The Hall–Kier alpha value is -7.33. The normalized spacial score (nSPS) is 15.2. The van der Waals surface area contributed by atoms with Crippen molar-refractivity contribution in [1.29, 1.82) is 0 Å². The summed E-state index contributed by atoms with van der Waals surface area (Å²) in [5.74, 6) is -15.5. The number of anilines is 1. The monoisotopic (exact) mass is 1230 g/mol. The largest absolute Gasteiger partial charge is 0.524 e. The zero-order valence-electron chi connectivity index (χ0n) is 44.8. The third kappa shape index (κ3) is 13.2. The van der Waals surface area contributed by atoms with E-state index in [9.17, 15) is 64.4 Å². The molecular formula is C52H51ClF8N9O11PS. The molecule has 0 bridgehead atoms. The zero-order valence-corrected chi connectivity index (χ0v) is 47.3. The van der Waals surface area contributed by atoms with Gasteiger partial charge in [-0.2, -0.15) is 24.0 Å². The number of carbonyl (C=O) groups is 3. The molecule has 83 heavy (non-hydrogen) atoms. The van der Waals surface area contributed by atoms with Crippen LogP contribution in [0.3, 0.4) is 0 Å². The number of hydrogen-bond acceptors (Lipinski definition) is 12. The maximum atomic E-state index is 15.6. The quantitative estimate of drug-likeness (QED) is 0.0386. The minimum atomic E-state index is -5.31. The van der Waals surface area contributed by atoms with Gasteiger partial charge in [0.2, 0.25) is 23.6 Å². The van der Waals surface area contributed by atoms with Gasteiger partial charge in [0.05, 0.1) is 46.1 Å². The van der Waals surface area contributed by atoms with Crippen LogP contribution in [0.1, 0.15) is 110 Å². The van der Waals surface area contributed by atoms with Crippen molar-refractivity contribution in [2.75, 3.05) is 17.2 Å². The first kappa shape index (κ1) is 61.7. The number of amides is 2. The summed E-state index contributed by atoms with van der Waals surface area (Å²) in [5, 5.41) is 19.9. The van der Waals surface area contributed by atoms with Gasteiger partial charge in [-0.3, -0.25) is 42.9 Å². The SMILES string of the molecule is Cc1cc(CC(=O)O)c(C(C)(C)CC(=O)N(c2nn(C)c3c(-n4c(C(Cc5cc(F)cc(F)c5)NC(=O)Cn5nc(C(F)F)c6c5C(F)(F)C[C@@H]6C)nc5nc(OCCC(C)(F)F)ccc5c4=O)ccc(Cl)c23)S(C)=O)c(OP(=O)(O)O)c1. The number of nitrogens with one attached hydrogen (secondary N) is 1. The molecule has 3 aromatic carbocycles. The van der Waals surface area contributed by atoms with Gasteiger partial charge in [-0.05, 0) is 72.9 Å². The number of alkyl halides is 6. The van der Waals surface area contributed by atoms with E-state index in [4.69, 9.17) is 20.9 Å². The molecule has 444 valence electrons. The van der Waals surface area contributed by atoms with Gasteiger partial charge in [0.1, 0.15) is 52.1 Å². The Morgan fingerprint density at radius 1 is 1.02 bits per heavy atom. The number of rotatable bonds is 21. The summed E-state index contributed by atoms with van der Waals surface area (Å²) in [6.45, 7) is 4.59. The number of carboxylic acids is 1. The van der Waals surface area contributed by atoms with Gasteiger partial charge in [0, 0.05) is 67.7 Å². The first-order valence-electron chi connectivity index (χ1n) is 24.9. The molecule has 7 aromatic rings. The summed E-state index contributed by atoms with van der Waals surface area (Å²) in [6, 6.07) is 7.93. The van der Waals surface area contributed by atoms with Crippen LogP contribution >= 0.6 is 19.4 Å². The fraction of sp³-hybridized carbons (Fsp3) is 0.385. The minimum absolute atomic E-state index is 0.0169. The average Bonchev–Trinajstić information content (AvgIpc) is 4.23. The number of aliphatic carboxylic acids is 1. The first-order valence-corrected chi connectivity index (χ1v) is 28.3. The van der Waals surface area contributed by atoms with Crippen LogP contribution in [0.25, 0.3) is 27.6 Å². The molecular weight excluding hydrogens is 1180 g/mol. The summed E-state index contributed by atoms with van der Waals surface area (Å²) < 4.78 is 157. The molecule has 0 aliphatic heterocycles. The van der Waals surface area contributed by atoms with Crippen LogP contribution in [0.5, 0.6) is 11.6 Å². The van der Waals surface area contributed by atoms with Crippen molar-refractivity contribution < 1.29 is 82.4 Å². The molecule has 3 atom stereocenters. The molecule has 1 aliphatic carbocycles. The van der Waals surface area contributed by atoms with Crippen molar-refractivity contribution in [3.63, 3.8) is 0 Å². The number of fused-ring (bicyclic) bond motifs is 3. The lowest BCUT2D eigenvalue weighted by Crippen LogP contribution is -2.38. The van der Waals surface area contributed by atoms with Gasteiger partial charge >= 0.3 is 13.8 Å². The van der Waals surface area contributed by atoms with Crippen LogP contribution in [-0.2, 0) is 67.7 Å². The number of nitrogens with zero attached hydrogens (tertiary/aromatic N) is 8. The van der Waals surface area contributed by atoms with E-state index in [2.05, 4.69) is 25.5 Å². The van der Waals surface area contributed by atoms with E-state index < -0.39 is 175 Å². The number of halogens is 9. The third-order valence-corrected chi connectivity index (χ3v) is 15.1. The van der Waals surface area contributed by atoms with Crippen LogP contribution in [0, 0.1) is 18.6 Å². The smallest absolute Gasteiger partial charge is 0.481 e. The van der Waals surface area contributed by atoms with Gasteiger partial charge < -0.3 is 19.7 Å². The molecule has 31 heteroatoms. The number of carbonyl (C=O) groups excluding carboxylic acids is 2. The highest BCUT2D eigenvalue weighted by Gasteiger charge is 2.50. The highest BCUT2D eigenvalue weighted by molar-refractivity contribution is 7.86. The second-order valence-electron chi connectivity index (χ2n) is 20.7. The Bertz CT molecular complexity index is 3890. The van der Waals surface area contributed by atoms with Gasteiger partial charge in [-0.1, -0.05) is 38.4 Å².